The highest BCUT2D eigenvalue weighted by Gasteiger charge is 2.26. The normalized spacial score (nSPS) is 17.4. The lowest BCUT2D eigenvalue weighted by atomic mass is 9.97. The van der Waals surface area contributed by atoms with Gasteiger partial charge < -0.3 is 21.3 Å². The number of piperidine rings is 1. The van der Waals surface area contributed by atoms with Crippen LogP contribution in [-0.2, 0) is 9.59 Å². The summed E-state index contributed by atoms with van der Waals surface area (Å²) in [7, 11) is 0. The van der Waals surface area contributed by atoms with E-state index in [1.165, 1.54) is 0 Å². The molecule has 0 bridgehead atoms. The molecule has 0 spiro atoms. The molecule has 1 unspecified atom stereocenters. The fourth-order valence-corrected chi connectivity index (χ4v) is 2.57. The Morgan fingerprint density at radius 2 is 1.96 bits per heavy atom. The molecule has 1 aliphatic heterocycles. The lowest BCUT2D eigenvalue weighted by molar-refractivity contribution is -0.134. The number of hydrogen-bond acceptors (Lipinski definition) is 3. The zero-order valence-electron chi connectivity index (χ0n) is 13.0. The molecule has 7 nitrogen and oxygen atoms in total. The number of carbonyl (C=O) groups excluding carboxylic acids is 3. The summed E-state index contributed by atoms with van der Waals surface area (Å²) in [5, 5.41) is 5.33. The number of nitrogens with two attached hydrogens (primary N) is 1. The summed E-state index contributed by atoms with van der Waals surface area (Å²) >= 11 is 0. The van der Waals surface area contributed by atoms with Crippen molar-refractivity contribution in [2.75, 3.05) is 25.0 Å². The van der Waals surface area contributed by atoms with Gasteiger partial charge in [0.05, 0.1) is 5.92 Å². The molecule has 1 saturated heterocycles. The van der Waals surface area contributed by atoms with E-state index in [0.717, 1.165) is 12.8 Å². The van der Waals surface area contributed by atoms with Gasteiger partial charge in [0.25, 0.3) is 0 Å². The topological polar surface area (TPSA) is 105 Å². The third kappa shape index (κ3) is 5.28. The molecule has 1 fully saturated rings. The lowest BCUT2D eigenvalue weighted by Gasteiger charge is -2.31. The third-order valence-corrected chi connectivity index (χ3v) is 3.83. The third-order valence-electron chi connectivity index (χ3n) is 3.83. The number of nitrogens with one attached hydrogen (secondary N) is 2. The van der Waals surface area contributed by atoms with E-state index in [9.17, 15) is 14.4 Å². The maximum absolute atomic E-state index is 12.1. The van der Waals surface area contributed by atoms with Crippen LogP contribution in [0.1, 0.15) is 19.3 Å². The molecule has 124 valence electrons. The Balaban J connectivity index is 1.70. The first-order valence-corrected chi connectivity index (χ1v) is 7.73. The number of benzene rings is 1. The Labute approximate surface area is 135 Å². The van der Waals surface area contributed by atoms with Crippen LogP contribution in [0, 0.1) is 5.92 Å². The van der Waals surface area contributed by atoms with E-state index in [1.54, 1.807) is 17.0 Å². The van der Waals surface area contributed by atoms with Crippen molar-refractivity contribution in [2.24, 2.45) is 11.7 Å². The zero-order chi connectivity index (χ0) is 16.7. The van der Waals surface area contributed by atoms with Crippen LogP contribution in [0.25, 0.3) is 0 Å². The Bertz CT molecular complexity index is 562. The largest absolute Gasteiger partial charge is 0.369 e. The summed E-state index contributed by atoms with van der Waals surface area (Å²) in [6.45, 7) is 1.26. The summed E-state index contributed by atoms with van der Waals surface area (Å²) < 4.78 is 0. The van der Waals surface area contributed by atoms with Crippen molar-refractivity contribution in [1.82, 2.24) is 10.2 Å². The maximum atomic E-state index is 12.1. The van der Waals surface area contributed by atoms with Crippen molar-refractivity contribution in [3.63, 3.8) is 0 Å². The quantitative estimate of drug-likeness (QED) is 0.752. The van der Waals surface area contributed by atoms with Crippen molar-refractivity contribution in [3.8, 4) is 0 Å². The minimum atomic E-state index is -0.358. The van der Waals surface area contributed by atoms with Crippen LogP contribution in [0.15, 0.2) is 30.3 Å². The van der Waals surface area contributed by atoms with E-state index in [-0.39, 0.29) is 36.7 Å². The van der Waals surface area contributed by atoms with Crippen molar-refractivity contribution in [3.05, 3.63) is 30.3 Å². The highest BCUT2D eigenvalue weighted by atomic mass is 16.2. The van der Waals surface area contributed by atoms with Crippen LogP contribution >= 0.6 is 0 Å². The lowest BCUT2D eigenvalue weighted by Crippen LogP contribution is -2.45. The van der Waals surface area contributed by atoms with Gasteiger partial charge in [-0.15, -0.1) is 0 Å². The van der Waals surface area contributed by atoms with Crippen LogP contribution in [-0.4, -0.2) is 42.4 Å². The number of hydrogen-bond donors (Lipinski definition) is 3. The van der Waals surface area contributed by atoms with Crippen LogP contribution in [0.5, 0.6) is 0 Å². The molecule has 4 amide bonds. The molecule has 7 heteroatoms. The summed E-state index contributed by atoms with van der Waals surface area (Å²) in [6.07, 6.45) is 1.71. The van der Waals surface area contributed by atoms with E-state index in [4.69, 9.17) is 5.73 Å². The van der Waals surface area contributed by atoms with Crippen LogP contribution < -0.4 is 16.4 Å². The molecule has 1 heterocycles. The molecule has 23 heavy (non-hydrogen) atoms. The van der Waals surface area contributed by atoms with E-state index < -0.39 is 0 Å². The molecule has 1 aliphatic rings. The van der Waals surface area contributed by atoms with Gasteiger partial charge in [0, 0.05) is 31.7 Å². The number of urea groups is 1. The average molecular weight is 318 g/mol. The number of carbonyl (C=O) groups is 3. The first kappa shape index (κ1) is 16.8. The predicted molar refractivity (Wildman–Crippen MR) is 86.6 cm³/mol. The van der Waals surface area contributed by atoms with Crippen molar-refractivity contribution >= 4 is 23.5 Å². The first-order valence-electron chi connectivity index (χ1n) is 7.73. The second-order valence-electron chi connectivity index (χ2n) is 5.58. The van der Waals surface area contributed by atoms with Gasteiger partial charge in [0.1, 0.15) is 0 Å². The minimum Gasteiger partial charge on any atom is -0.369 e. The molecule has 0 aromatic heterocycles. The molecule has 1 aromatic carbocycles. The molecule has 0 radical (unpaired) electrons. The van der Waals surface area contributed by atoms with Gasteiger partial charge in [-0.05, 0) is 25.0 Å². The number of likely N-dealkylation sites (tertiary alicyclic amines) is 1. The van der Waals surface area contributed by atoms with E-state index in [2.05, 4.69) is 10.6 Å². The summed E-state index contributed by atoms with van der Waals surface area (Å²) in [5.74, 6) is -0.694. The molecular formula is C16H22N4O3. The number of primary amides is 1. The van der Waals surface area contributed by atoms with Gasteiger partial charge in [0.2, 0.25) is 11.8 Å². The molecule has 1 atom stereocenters. The number of rotatable bonds is 5. The molecular weight excluding hydrogens is 296 g/mol. The molecule has 4 N–H and O–H groups in total. The number of amides is 4. The maximum Gasteiger partial charge on any atom is 0.319 e. The first-order chi connectivity index (χ1) is 11.1. The van der Waals surface area contributed by atoms with Gasteiger partial charge in [-0.3, -0.25) is 9.59 Å². The SMILES string of the molecule is NC(=O)C1CCCN(C(=O)CCNC(=O)Nc2ccccc2)C1. The van der Waals surface area contributed by atoms with Gasteiger partial charge in [-0.1, -0.05) is 18.2 Å². The Morgan fingerprint density at radius 3 is 2.65 bits per heavy atom. The smallest absolute Gasteiger partial charge is 0.319 e. The summed E-state index contributed by atoms with van der Waals surface area (Å²) in [6, 6.07) is 8.72. The Morgan fingerprint density at radius 1 is 1.22 bits per heavy atom. The highest BCUT2D eigenvalue weighted by Crippen LogP contribution is 2.16. The second kappa shape index (κ2) is 8.17. The number of para-hydroxylation sites is 1. The van der Waals surface area contributed by atoms with Crippen LogP contribution in [0.3, 0.4) is 0 Å². The van der Waals surface area contributed by atoms with Crippen molar-refractivity contribution < 1.29 is 14.4 Å². The fourth-order valence-electron chi connectivity index (χ4n) is 2.57. The summed E-state index contributed by atoms with van der Waals surface area (Å²) in [4.78, 5) is 36.7. The molecule has 1 aromatic rings. The van der Waals surface area contributed by atoms with Gasteiger partial charge in [-0.25, -0.2) is 4.79 Å². The monoisotopic (exact) mass is 318 g/mol. The second-order valence-corrected chi connectivity index (χ2v) is 5.58. The highest BCUT2D eigenvalue weighted by molar-refractivity contribution is 5.89. The Kier molecular flexibility index (Phi) is 5.96. The minimum absolute atomic E-state index is 0.0732. The van der Waals surface area contributed by atoms with Gasteiger partial charge >= 0.3 is 6.03 Å². The van der Waals surface area contributed by atoms with Crippen molar-refractivity contribution in [1.29, 1.82) is 0 Å². The molecule has 0 aliphatic carbocycles. The van der Waals surface area contributed by atoms with Gasteiger partial charge in [0.15, 0.2) is 0 Å². The standard InChI is InChI=1S/C16H22N4O3/c17-15(22)12-5-4-10-20(11-12)14(21)8-9-18-16(23)19-13-6-2-1-3-7-13/h1-3,6-7,12H,4-5,8-11H2,(H2,17,22)(H2,18,19,23). The van der Waals surface area contributed by atoms with Crippen molar-refractivity contribution in [2.45, 2.75) is 19.3 Å². The average Bonchev–Trinajstić information content (AvgIpc) is 2.55. The van der Waals surface area contributed by atoms with Crippen LogP contribution in [0.2, 0.25) is 0 Å². The number of anilines is 1. The van der Waals surface area contributed by atoms with E-state index >= 15 is 0 Å². The predicted octanol–water partition coefficient (Wildman–Crippen LogP) is 0.922. The van der Waals surface area contributed by atoms with Crippen LogP contribution in [0.4, 0.5) is 10.5 Å². The van der Waals surface area contributed by atoms with E-state index in [1.807, 2.05) is 18.2 Å². The van der Waals surface area contributed by atoms with E-state index in [0.29, 0.717) is 18.8 Å². The molecule has 2 rings (SSSR count). The van der Waals surface area contributed by atoms with Gasteiger partial charge in [-0.2, -0.15) is 0 Å². The molecule has 0 saturated carbocycles. The Hall–Kier alpha value is -2.57. The fraction of sp³-hybridized carbons (Fsp3) is 0.438. The zero-order valence-corrected chi connectivity index (χ0v) is 13.0. The number of nitrogens with zero attached hydrogens (tertiary/aromatic N) is 1. The summed E-state index contributed by atoms with van der Waals surface area (Å²) in [5.41, 5.74) is 5.99.